The molecule has 0 heterocycles. The average Bonchev–Trinajstić information content (AvgIpc) is 2.03. The molecule has 0 fully saturated rings. The number of thioether (sulfide) groups is 1. The van der Waals surface area contributed by atoms with Crippen LogP contribution >= 0.6 is 11.8 Å². The van der Waals surface area contributed by atoms with Gasteiger partial charge in [-0.05, 0) is 13.0 Å². The van der Waals surface area contributed by atoms with Gasteiger partial charge in [0.1, 0.15) is 0 Å². The molecule has 0 aromatic carbocycles. The monoisotopic (exact) mass is 173 g/mol. The molecule has 11 heavy (non-hydrogen) atoms. The SMILES string of the molecule is C=CCSCCNCCCC. The van der Waals surface area contributed by atoms with E-state index in [0.29, 0.717) is 0 Å². The average molecular weight is 173 g/mol. The van der Waals surface area contributed by atoms with E-state index in [1.165, 1.54) is 25.1 Å². The Morgan fingerprint density at radius 2 is 2.27 bits per heavy atom. The molecule has 0 aliphatic rings. The lowest BCUT2D eigenvalue weighted by Crippen LogP contribution is -2.18. The van der Waals surface area contributed by atoms with Crippen molar-refractivity contribution in [2.75, 3.05) is 24.6 Å². The minimum absolute atomic E-state index is 1.08. The molecule has 0 saturated heterocycles. The fraction of sp³-hybridized carbons (Fsp3) is 0.778. The third-order valence-electron chi connectivity index (χ3n) is 1.37. The van der Waals surface area contributed by atoms with Crippen LogP contribution in [0.1, 0.15) is 19.8 Å². The first-order valence-corrected chi connectivity index (χ1v) is 5.46. The standard InChI is InChI=1S/C9H19NS/c1-3-5-6-10-7-9-11-8-4-2/h4,10H,2-3,5-9H2,1H3. The van der Waals surface area contributed by atoms with Crippen LogP contribution in [0.25, 0.3) is 0 Å². The summed E-state index contributed by atoms with van der Waals surface area (Å²) >= 11 is 1.93. The Kier molecular flexibility index (Phi) is 10.1. The van der Waals surface area contributed by atoms with Gasteiger partial charge in [0, 0.05) is 18.1 Å². The molecule has 0 unspecified atom stereocenters. The van der Waals surface area contributed by atoms with E-state index < -0.39 is 0 Å². The van der Waals surface area contributed by atoms with Gasteiger partial charge in [-0.15, -0.1) is 6.58 Å². The Hall–Kier alpha value is 0.0500. The molecule has 66 valence electrons. The van der Waals surface area contributed by atoms with Crippen molar-refractivity contribution in [1.82, 2.24) is 5.32 Å². The molecule has 0 atom stereocenters. The van der Waals surface area contributed by atoms with Crippen LogP contribution in [0.3, 0.4) is 0 Å². The van der Waals surface area contributed by atoms with Gasteiger partial charge < -0.3 is 5.32 Å². The summed E-state index contributed by atoms with van der Waals surface area (Å²) in [5.74, 6) is 2.28. The predicted octanol–water partition coefficient (Wildman–Crippen LogP) is 2.30. The molecule has 1 N–H and O–H groups in total. The van der Waals surface area contributed by atoms with E-state index in [-0.39, 0.29) is 0 Å². The van der Waals surface area contributed by atoms with Crippen LogP contribution in [0.4, 0.5) is 0 Å². The van der Waals surface area contributed by atoms with Gasteiger partial charge in [0.15, 0.2) is 0 Å². The van der Waals surface area contributed by atoms with Crippen LogP contribution in [0.15, 0.2) is 12.7 Å². The highest BCUT2D eigenvalue weighted by Crippen LogP contribution is 1.96. The van der Waals surface area contributed by atoms with Crippen molar-refractivity contribution in [2.24, 2.45) is 0 Å². The van der Waals surface area contributed by atoms with E-state index in [9.17, 15) is 0 Å². The maximum atomic E-state index is 3.67. The molecule has 2 heteroatoms. The zero-order valence-electron chi connectivity index (χ0n) is 7.44. The quantitative estimate of drug-likeness (QED) is 0.446. The maximum Gasteiger partial charge on any atom is 0.0111 e. The Morgan fingerprint density at radius 1 is 1.45 bits per heavy atom. The molecule has 0 aromatic heterocycles. The van der Waals surface area contributed by atoms with Crippen molar-refractivity contribution in [3.63, 3.8) is 0 Å². The van der Waals surface area contributed by atoms with Gasteiger partial charge in [-0.1, -0.05) is 19.4 Å². The molecule has 0 aromatic rings. The molecule has 0 aliphatic carbocycles. The van der Waals surface area contributed by atoms with Gasteiger partial charge in [0.2, 0.25) is 0 Å². The summed E-state index contributed by atoms with van der Waals surface area (Å²) in [5, 5.41) is 3.39. The topological polar surface area (TPSA) is 12.0 Å². The summed E-state index contributed by atoms with van der Waals surface area (Å²) in [6.45, 7) is 8.19. The summed E-state index contributed by atoms with van der Waals surface area (Å²) < 4.78 is 0. The fourth-order valence-electron chi connectivity index (χ4n) is 0.738. The van der Waals surface area contributed by atoms with Crippen LogP contribution in [-0.4, -0.2) is 24.6 Å². The second-order valence-corrected chi connectivity index (χ2v) is 3.62. The summed E-state index contributed by atoms with van der Waals surface area (Å²) in [6, 6.07) is 0. The van der Waals surface area contributed by atoms with Crippen LogP contribution in [-0.2, 0) is 0 Å². The molecule has 0 amide bonds. The maximum absolute atomic E-state index is 3.67. The molecule has 1 nitrogen and oxygen atoms in total. The van der Waals surface area contributed by atoms with E-state index in [4.69, 9.17) is 0 Å². The van der Waals surface area contributed by atoms with Gasteiger partial charge in [0.05, 0.1) is 0 Å². The van der Waals surface area contributed by atoms with Gasteiger partial charge in [-0.25, -0.2) is 0 Å². The van der Waals surface area contributed by atoms with E-state index in [2.05, 4.69) is 18.8 Å². The zero-order chi connectivity index (χ0) is 8.36. The molecular weight excluding hydrogens is 154 g/mol. The van der Waals surface area contributed by atoms with Crippen LogP contribution in [0.2, 0.25) is 0 Å². The predicted molar refractivity (Wildman–Crippen MR) is 55.3 cm³/mol. The zero-order valence-corrected chi connectivity index (χ0v) is 8.25. The summed E-state index contributed by atoms with van der Waals surface area (Å²) in [7, 11) is 0. The minimum atomic E-state index is 1.08. The first kappa shape index (κ1) is 11.1. The van der Waals surface area contributed by atoms with Crippen LogP contribution in [0.5, 0.6) is 0 Å². The van der Waals surface area contributed by atoms with E-state index in [0.717, 1.165) is 12.3 Å². The number of unbranched alkanes of at least 4 members (excludes halogenated alkanes) is 1. The van der Waals surface area contributed by atoms with Gasteiger partial charge in [0.25, 0.3) is 0 Å². The third kappa shape index (κ3) is 10.1. The highest BCUT2D eigenvalue weighted by Gasteiger charge is 1.86. The van der Waals surface area contributed by atoms with Crippen molar-refractivity contribution in [1.29, 1.82) is 0 Å². The van der Waals surface area contributed by atoms with E-state index in [1.807, 2.05) is 17.8 Å². The van der Waals surface area contributed by atoms with Gasteiger partial charge >= 0.3 is 0 Å². The molecule has 0 bridgehead atoms. The molecular formula is C9H19NS. The highest BCUT2D eigenvalue weighted by atomic mass is 32.2. The number of hydrogen-bond donors (Lipinski definition) is 1. The highest BCUT2D eigenvalue weighted by molar-refractivity contribution is 7.99. The van der Waals surface area contributed by atoms with Crippen molar-refractivity contribution in [3.05, 3.63) is 12.7 Å². The lowest BCUT2D eigenvalue weighted by Gasteiger charge is -2.01. The second-order valence-electron chi connectivity index (χ2n) is 2.47. The molecule has 0 radical (unpaired) electrons. The van der Waals surface area contributed by atoms with Crippen molar-refractivity contribution < 1.29 is 0 Å². The number of rotatable bonds is 8. The Bertz CT molecular complexity index is 83.6. The van der Waals surface area contributed by atoms with Crippen molar-refractivity contribution in [3.8, 4) is 0 Å². The minimum Gasteiger partial charge on any atom is -0.316 e. The molecule has 0 spiro atoms. The lowest BCUT2D eigenvalue weighted by atomic mass is 10.3. The Balaban J connectivity index is 2.74. The second kappa shape index (κ2) is 10.0. The number of nitrogens with one attached hydrogen (secondary N) is 1. The van der Waals surface area contributed by atoms with E-state index in [1.54, 1.807) is 0 Å². The van der Waals surface area contributed by atoms with Gasteiger partial charge in [-0.3, -0.25) is 0 Å². The largest absolute Gasteiger partial charge is 0.316 e. The molecule has 0 saturated carbocycles. The molecule has 0 rings (SSSR count). The number of hydrogen-bond acceptors (Lipinski definition) is 2. The lowest BCUT2D eigenvalue weighted by molar-refractivity contribution is 0.666. The van der Waals surface area contributed by atoms with Crippen molar-refractivity contribution in [2.45, 2.75) is 19.8 Å². The fourth-order valence-corrected chi connectivity index (χ4v) is 1.36. The Labute approximate surface area is 74.6 Å². The smallest absolute Gasteiger partial charge is 0.0111 e. The summed E-state index contributed by atoms with van der Waals surface area (Å²) in [5.41, 5.74) is 0. The van der Waals surface area contributed by atoms with E-state index >= 15 is 0 Å². The van der Waals surface area contributed by atoms with Crippen molar-refractivity contribution >= 4 is 11.8 Å². The summed E-state index contributed by atoms with van der Waals surface area (Å²) in [6.07, 6.45) is 4.54. The normalized spacial score (nSPS) is 9.91. The third-order valence-corrected chi connectivity index (χ3v) is 2.33. The first-order valence-electron chi connectivity index (χ1n) is 4.31. The first-order chi connectivity index (χ1) is 5.41. The van der Waals surface area contributed by atoms with Gasteiger partial charge in [-0.2, -0.15) is 11.8 Å². The molecule has 0 aliphatic heterocycles. The van der Waals surface area contributed by atoms with Crippen LogP contribution in [0, 0.1) is 0 Å². The Morgan fingerprint density at radius 3 is 2.91 bits per heavy atom. The van der Waals surface area contributed by atoms with Crippen LogP contribution < -0.4 is 5.32 Å². The summed E-state index contributed by atoms with van der Waals surface area (Å²) in [4.78, 5) is 0.